The van der Waals surface area contributed by atoms with Crippen LogP contribution in [0.5, 0.6) is 0 Å². The van der Waals surface area contributed by atoms with Crippen molar-refractivity contribution in [3.63, 3.8) is 0 Å². The molecule has 1 aromatic heterocycles. The Morgan fingerprint density at radius 1 is 1.23 bits per heavy atom. The van der Waals surface area contributed by atoms with E-state index in [1.807, 2.05) is 19.1 Å². The number of nitrogens with zero attached hydrogens (tertiary/aromatic N) is 2. The van der Waals surface area contributed by atoms with Crippen LogP contribution in [0.2, 0.25) is 5.02 Å². The summed E-state index contributed by atoms with van der Waals surface area (Å²) in [6.07, 6.45) is 0. The van der Waals surface area contributed by atoms with Crippen molar-refractivity contribution in [1.29, 1.82) is 0 Å². The van der Waals surface area contributed by atoms with E-state index in [0.717, 1.165) is 0 Å². The highest BCUT2D eigenvalue weighted by Gasteiger charge is 2.19. The molecule has 0 aliphatic rings. The fraction of sp³-hybridized carbons (Fsp3) is 0.211. The van der Waals surface area contributed by atoms with Crippen LogP contribution in [0.3, 0.4) is 0 Å². The third-order valence-electron chi connectivity index (χ3n) is 3.91. The fourth-order valence-corrected chi connectivity index (χ4v) is 3.60. The third kappa shape index (κ3) is 3.92. The van der Waals surface area contributed by atoms with E-state index >= 15 is 0 Å². The second-order valence-corrected chi connectivity index (χ2v) is 7.46. The van der Waals surface area contributed by atoms with Gasteiger partial charge >= 0.3 is 0 Å². The highest BCUT2D eigenvalue weighted by atomic mass is 35.5. The molecule has 1 heterocycles. The van der Waals surface area contributed by atoms with E-state index in [4.69, 9.17) is 11.6 Å². The largest absolute Gasteiger partial charge is 0.325 e. The van der Waals surface area contributed by atoms with E-state index in [0.29, 0.717) is 33.3 Å². The number of benzene rings is 2. The van der Waals surface area contributed by atoms with Gasteiger partial charge in [-0.25, -0.2) is 4.98 Å². The molecule has 0 spiro atoms. The predicted octanol–water partition coefficient (Wildman–Crippen LogP) is 4.19. The van der Waals surface area contributed by atoms with Gasteiger partial charge in [-0.05, 0) is 50.2 Å². The van der Waals surface area contributed by atoms with Crippen LogP contribution in [0.4, 0.5) is 5.69 Å². The van der Waals surface area contributed by atoms with Gasteiger partial charge in [-0.1, -0.05) is 35.5 Å². The Labute approximate surface area is 160 Å². The predicted molar refractivity (Wildman–Crippen MR) is 107 cm³/mol. The lowest BCUT2D eigenvalue weighted by atomic mass is 10.2. The third-order valence-corrected chi connectivity index (χ3v) is 5.25. The fourth-order valence-electron chi connectivity index (χ4n) is 2.51. The van der Waals surface area contributed by atoms with Gasteiger partial charge in [0.05, 0.1) is 16.2 Å². The first-order valence-corrected chi connectivity index (χ1v) is 9.48. The summed E-state index contributed by atoms with van der Waals surface area (Å²) in [7, 11) is 0. The summed E-state index contributed by atoms with van der Waals surface area (Å²) in [5.74, 6) is -0.164. The summed E-state index contributed by atoms with van der Waals surface area (Å²) in [5, 5.41) is 4.15. The van der Waals surface area contributed by atoms with Crippen molar-refractivity contribution in [2.75, 3.05) is 5.32 Å². The minimum atomic E-state index is -0.420. The molecule has 26 heavy (non-hydrogen) atoms. The maximum absolute atomic E-state index is 12.7. The monoisotopic (exact) mass is 387 g/mol. The minimum absolute atomic E-state index is 0.0918. The number of rotatable bonds is 5. The molecule has 1 atom stereocenters. The van der Waals surface area contributed by atoms with Gasteiger partial charge in [0.2, 0.25) is 5.91 Å². The highest BCUT2D eigenvalue weighted by molar-refractivity contribution is 8.00. The molecule has 0 radical (unpaired) electrons. The summed E-state index contributed by atoms with van der Waals surface area (Å²) in [6, 6.07) is 14.2. The molecular formula is C19H18ClN3O2S. The number of amides is 1. The van der Waals surface area contributed by atoms with Crippen molar-refractivity contribution >= 4 is 45.9 Å². The second-order valence-electron chi connectivity index (χ2n) is 5.72. The zero-order valence-electron chi connectivity index (χ0n) is 14.4. The Morgan fingerprint density at radius 2 is 1.92 bits per heavy atom. The van der Waals surface area contributed by atoms with Gasteiger partial charge in [0, 0.05) is 17.3 Å². The number of anilines is 1. The van der Waals surface area contributed by atoms with E-state index < -0.39 is 5.25 Å². The Hall–Kier alpha value is -2.31. The number of hydrogen-bond acceptors (Lipinski definition) is 4. The molecule has 134 valence electrons. The van der Waals surface area contributed by atoms with Gasteiger partial charge in [-0.2, -0.15) is 0 Å². The summed E-state index contributed by atoms with van der Waals surface area (Å²) < 4.78 is 1.60. The zero-order chi connectivity index (χ0) is 18.7. The molecule has 5 nitrogen and oxygen atoms in total. The molecule has 1 unspecified atom stereocenters. The van der Waals surface area contributed by atoms with E-state index in [9.17, 15) is 9.59 Å². The lowest BCUT2D eigenvalue weighted by Crippen LogP contribution is -2.26. The molecule has 0 bridgehead atoms. The summed E-state index contributed by atoms with van der Waals surface area (Å²) in [6.45, 7) is 4.17. The first kappa shape index (κ1) is 18.5. The van der Waals surface area contributed by atoms with Crippen LogP contribution in [0.25, 0.3) is 10.9 Å². The number of hydrogen-bond donors (Lipinski definition) is 1. The maximum Gasteiger partial charge on any atom is 0.262 e. The smallest absolute Gasteiger partial charge is 0.262 e. The molecule has 3 aromatic rings. The van der Waals surface area contributed by atoms with Crippen molar-refractivity contribution in [2.45, 2.75) is 30.8 Å². The van der Waals surface area contributed by atoms with Crippen molar-refractivity contribution < 1.29 is 4.79 Å². The van der Waals surface area contributed by atoms with Crippen LogP contribution in [0, 0.1) is 0 Å². The van der Waals surface area contributed by atoms with Crippen LogP contribution in [-0.2, 0) is 11.3 Å². The van der Waals surface area contributed by atoms with Gasteiger partial charge < -0.3 is 5.32 Å². The molecule has 1 amide bonds. The van der Waals surface area contributed by atoms with Crippen LogP contribution in [-0.4, -0.2) is 20.7 Å². The molecule has 0 saturated carbocycles. The number of para-hydroxylation sites is 1. The Bertz CT molecular complexity index is 1000. The lowest BCUT2D eigenvalue weighted by Gasteiger charge is -2.15. The standard InChI is InChI=1S/C19H18ClN3O2S/c1-3-23-18(25)15-6-4-5-7-16(15)22-19(23)26-12(2)17(24)21-14-10-8-13(20)9-11-14/h4-12H,3H2,1-2H3,(H,21,24). The average Bonchev–Trinajstić information content (AvgIpc) is 2.64. The highest BCUT2D eigenvalue weighted by Crippen LogP contribution is 2.24. The van der Waals surface area contributed by atoms with Gasteiger partial charge in [0.25, 0.3) is 5.56 Å². The number of halogens is 1. The number of carbonyl (C=O) groups is 1. The maximum atomic E-state index is 12.7. The normalized spacial score (nSPS) is 12.1. The first-order chi connectivity index (χ1) is 12.5. The molecule has 3 rings (SSSR count). The zero-order valence-corrected chi connectivity index (χ0v) is 16.0. The summed E-state index contributed by atoms with van der Waals surface area (Å²) in [4.78, 5) is 29.7. The number of nitrogens with one attached hydrogen (secondary N) is 1. The van der Waals surface area contributed by atoms with Gasteiger partial charge in [0.15, 0.2) is 5.16 Å². The van der Waals surface area contributed by atoms with E-state index in [-0.39, 0.29) is 11.5 Å². The van der Waals surface area contributed by atoms with E-state index in [1.54, 1.807) is 47.9 Å². The summed E-state index contributed by atoms with van der Waals surface area (Å²) >= 11 is 7.12. The molecule has 0 saturated heterocycles. The number of carbonyl (C=O) groups excluding carboxylic acids is 1. The molecular weight excluding hydrogens is 370 g/mol. The number of thioether (sulfide) groups is 1. The Balaban J connectivity index is 1.84. The van der Waals surface area contributed by atoms with Crippen molar-refractivity contribution in [1.82, 2.24) is 9.55 Å². The van der Waals surface area contributed by atoms with E-state index in [2.05, 4.69) is 10.3 Å². The van der Waals surface area contributed by atoms with E-state index in [1.165, 1.54) is 11.8 Å². The SMILES string of the molecule is CCn1c(SC(C)C(=O)Nc2ccc(Cl)cc2)nc2ccccc2c1=O. The first-order valence-electron chi connectivity index (χ1n) is 8.22. The van der Waals surface area contributed by atoms with Crippen LogP contribution in [0.1, 0.15) is 13.8 Å². The molecule has 1 N–H and O–H groups in total. The Kier molecular flexibility index (Phi) is 5.64. The lowest BCUT2D eigenvalue weighted by molar-refractivity contribution is -0.115. The molecule has 0 fully saturated rings. The topological polar surface area (TPSA) is 64.0 Å². The molecule has 0 aliphatic heterocycles. The van der Waals surface area contributed by atoms with Crippen molar-refractivity contribution in [3.8, 4) is 0 Å². The number of fused-ring (bicyclic) bond motifs is 1. The molecule has 0 aliphatic carbocycles. The van der Waals surface area contributed by atoms with Gasteiger partial charge in [-0.15, -0.1) is 0 Å². The van der Waals surface area contributed by atoms with Crippen molar-refractivity contribution in [2.24, 2.45) is 0 Å². The number of aromatic nitrogens is 2. The minimum Gasteiger partial charge on any atom is -0.325 e. The van der Waals surface area contributed by atoms with Gasteiger partial charge in [-0.3, -0.25) is 14.2 Å². The molecule has 7 heteroatoms. The quantitative estimate of drug-likeness (QED) is 0.526. The van der Waals surface area contributed by atoms with Crippen molar-refractivity contribution in [3.05, 3.63) is 63.9 Å². The molecule has 2 aromatic carbocycles. The van der Waals surface area contributed by atoms with Crippen LogP contribution >= 0.6 is 23.4 Å². The van der Waals surface area contributed by atoms with Crippen LogP contribution < -0.4 is 10.9 Å². The summed E-state index contributed by atoms with van der Waals surface area (Å²) in [5.41, 5.74) is 1.21. The Morgan fingerprint density at radius 3 is 2.62 bits per heavy atom. The average molecular weight is 388 g/mol. The van der Waals surface area contributed by atoms with Gasteiger partial charge in [0.1, 0.15) is 0 Å². The second kappa shape index (κ2) is 7.93. The van der Waals surface area contributed by atoms with Crippen LogP contribution in [0.15, 0.2) is 58.5 Å².